The molecule has 1 saturated heterocycles. The van der Waals surface area contributed by atoms with E-state index in [1.807, 2.05) is 0 Å². The number of aromatic hydroxyl groups is 1. The van der Waals surface area contributed by atoms with Crippen molar-refractivity contribution in [3.63, 3.8) is 0 Å². The number of nitrogens with zero attached hydrogens (tertiary/aromatic N) is 2. The van der Waals surface area contributed by atoms with Gasteiger partial charge in [0, 0.05) is 13.6 Å². The second kappa shape index (κ2) is 4.24. The van der Waals surface area contributed by atoms with Gasteiger partial charge >= 0.3 is 5.69 Å². The maximum Gasteiger partial charge on any atom is 0.331 e. The second-order valence-electron chi connectivity index (χ2n) is 4.83. The number of hydrogen-bond acceptors (Lipinski definition) is 4. The van der Waals surface area contributed by atoms with Crippen molar-refractivity contribution in [3.8, 4) is 5.75 Å². The number of phenols is 1. The van der Waals surface area contributed by atoms with Crippen LogP contribution in [0.4, 0.5) is 0 Å². The molecule has 0 radical (unpaired) electrons. The van der Waals surface area contributed by atoms with E-state index in [2.05, 4.69) is 5.32 Å². The fraction of sp³-hybridized carbons (Fsp3) is 0.385. The van der Waals surface area contributed by atoms with Gasteiger partial charge in [-0.2, -0.15) is 0 Å². The number of nitrogens with one attached hydrogen (secondary N) is 1. The van der Waals surface area contributed by atoms with Gasteiger partial charge in [0.05, 0.1) is 11.6 Å². The Morgan fingerprint density at radius 2 is 2.16 bits per heavy atom. The molecule has 0 bridgehead atoms. The lowest BCUT2D eigenvalue weighted by molar-refractivity contribution is 0.472. The molecule has 6 nitrogen and oxygen atoms in total. The molecule has 100 valence electrons. The van der Waals surface area contributed by atoms with Crippen molar-refractivity contribution in [2.75, 3.05) is 13.1 Å². The molecule has 0 saturated carbocycles. The molecule has 0 aliphatic carbocycles. The third-order valence-corrected chi connectivity index (χ3v) is 3.71. The molecule has 0 amide bonds. The topological polar surface area (TPSA) is 76.3 Å². The largest absolute Gasteiger partial charge is 0.507 e. The predicted octanol–water partition coefficient (Wildman–Crippen LogP) is -0.0598. The van der Waals surface area contributed by atoms with Gasteiger partial charge in [-0.25, -0.2) is 4.79 Å². The van der Waals surface area contributed by atoms with E-state index in [0.29, 0.717) is 12.1 Å². The SMILES string of the molecule is Cn1c(=O)n(C2CCNC2)c(=O)c2c(O)cccc21. The van der Waals surface area contributed by atoms with Crippen LogP contribution in [0, 0.1) is 0 Å². The van der Waals surface area contributed by atoms with Crippen molar-refractivity contribution in [3.05, 3.63) is 39.0 Å². The molecule has 0 spiro atoms. The number of phenolic OH excluding ortho intramolecular Hbond substituents is 1. The van der Waals surface area contributed by atoms with Crippen LogP contribution in [-0.2, 0) is 7.05 Å². The highest BCUT2D eigenvalue weighted by Crippen LogP contribution is 2.20. The van der Waals surface area contributed by atoms with Crippen LogP contribution in [0.15, 0.2) is 27.8 Å². The molecule has 1 aliphatic rings. The highest BCUT2D eigenvalue weighted by atomic mass is 16.3. The minimum absolute atomic E-state index is 0.0854. The molecule has 2 heterocycles. The average Bonchev–Trinajstić information content (AvgIpc) is 2.90. The van der Waals surface area contributed by atoms with Gasteiger partial charge in [0.2, 0.25) is 0 Å². The lowest BCUT2D eigenvalue weighted by atomic mass is 10.2. The van der Waals surface area contributed by atoms with E-state index in [4.69, 9.17) is 0 Å². The molecule has 1 atom stereocenters. The molecule has 1 aliphatic heterocycles. The molecular formula is C13H15N3O3. The minimum Gasteiger partial charge on any atom is -0.507 e. The average molecular weight is 261 g/mol. The number of rotatable bonds is 1. The first-order valence-corrected chi connectivity index (χ1v) is 6.25. The van der Waals surface area contributed by atoms with Gasteiger partial charge < -0.3 is 10.4 Å². The van der Waals surface area contributed by atoms with E-state index in [1.165, 1.54) is 15.2 Å². The molecule has 1 fully saturated rings. The zero-order valence-electron chi connectivity index (χ0n) is 10.6. The first kappa shape index (κ1) is 12.0. The summed E-state index contributed by atoms with van der Waals surface area (Å²) in [7, 11) is 1.61. The van der Waals surface area contributed by atoms with Crippen LogP contribution in [0.25, 0.3) is 10.9 Å². The Labute approximate surface area is 108 Å². The smallest absolute Gasteiger partial charge is 0.331 e. The third kappa shape index (κ3) is 1.67. The predicted molar refractivity (Wildman–Crippen MR) is 71.6 cm³/mol. The molecule has 1 unspecified atom stereocenters. The molecule has 6 heteroatoms. The Balaban J connectivity index is 2.43. The van der Waals surface area contributed by atoms with Gasteiger partial charge in [0.15, 0.2) is 0 Å². The van der Waals surface area contributed by atoms with Crippen LogP contribution >= 0.6 is 0 Å². The Morgan fingerprint density at radius 3 is 2.84 bits per heavy atom. The number of aryl methyl sites for hydroxylation is 1. The van der Waals surface area contributed by atoms with Crippen molar-refractivity contribution in [1.29, 1.82) is 0 Å². The van der Waals surface area contributed by atoms with E-state index in [0.717, 1.165) is 13.0 Å². The number of aromatic nitrogens is 2. The summed E-state index contributed by atoms with van der Waals surface area (Å²) in [6.45, 7) is 1.40. The monoisotopic (exact) mass is 261 g/mol. The summed E-state index contributed by atoms with van der Waals surface area (Å²) in [6, 6.07) is 4.61. The highest BCUT2D eigenvalue weighted by molar-refractivity contribution is 5.84. The van der Waals surface area contributed by atoms with Crippen LogP contribution in [0.2, 0.25) is 0 Å². The highest BCUT2D eigenvalue weighted by Gasteiger charge is 2.23. The summed E-state index contributed by atoms with van der Waals surface area (Å²) in [4.78, 5) is 24.8. The Morgan fingerprint density at radius 1 is 1.37 bits per heavy atom. The normalized spacial score (nSPS) is 19.1. The zero-order valence-corrected chi connectivity index (χ0v) is 10.6. The minimum atomic E-state index is -0.412. The van der Waals surface area contributed by atoms with Gasteiger partial charge in [0.1, 0.15) is 11.1 Å². The van der Waals surface area contributed by atoms with Gasteiger partial charge in [-0.05, 0) is 25.1 Å². The Kier molecular flexibility index (Phi) is 2.67. The molecular weight excluding hydrogens is 246 g/mol. The molecule has 19 heavy (non-hydrogen) atoms. The van der Waals surface area contributed by atoms with Crippen LogP contribution in [-0.4, -0.2) is 27.3 Å². The third-order valence-electron chi connectivity index (χ3n) is 3.71. The van der Waals surface area contributed by atoms with Crippen LogP contribution in [0.5, 0.6) is 5.75 Å². The summed E-state index contributed by atoms with van der Waals surface area (Å²) in [6.07, 6.45) is 0.744. The van der Waals surface area contributed by atoms with Gasteiger partial charge in [0.25, 0.3) is 5.56 Å². The number of hydrogen-bond donors (Lipinski definition) is 2. The van der Waals surface area contributed by atoms with E-state index >= 15 is 0 Å². The Hall–Kier alpha value is -2.08. The summed E-state index contributed by atoms with van der Waals surface area (Å²) >= 11 is 0. The molecule has 2 N–H and O–H groups in total. The molecule has 3 rings (SSSR count). The first-order chi connectivity index (χ1) is 9.11. The lowest BCUT2D eigenvalue weighted by Crippen LogP contribution is -2.42. The summed E-state index contributed by atoms with van der Waals surface area (Å²) in [5.41, 5.74) is -0.293. The maximum absolute atomic E-state index is 12.5. The first-order valence-electron chi connectivity index (χ1n) is 6.25. The molecule has 2 aromatic rings. The van der Waals surface area contributed by atoms with Crippen molar-refractivity contribution in [2.24, 2.45) is 7.05 Å². The maximum atomic E-state index is 12.5. The molecule has 1 aromatic carbocycles. The van der Waals surface area contributed by atoms with Gasteiger partial charge in [-0.3, -0.25) is 13.9 Å². The van der Waals surface area contributed by atoms with Gasteiger partial charge in [-0.15, -0.1) is 0 Å². The van der Waals surface area contributed by atoms with Crippen LogP contribution in [0.1, 0.15) is 12.5 Å². The van der Waals surface area contributed by atoms with E-state index in [1.54, 1.807) is 19.2 Å². The van der Waals surface area contributed by atoms with E-state index in [9.17, 15) is 14.7 Å². The van der Waals surface area contributed by atoms with Crippen molar-refractivity contribution in [1.82, 2.24) is 14.5 Å². The quantitative estimate of drug-likeness (QED) is 0.754. The van der Waals surface area contributed by atoms with E-state index in [-0.39, 0.29) is 22.9 Å². The summed E-state index contributed by atoms with van der Waals surface area (Å²) in [5.74, 6) is -0.0854. The van der Waals surface area contributed by atoms with Crippen LogP contribution in [0.3, 0.4) is 0 Å². The zero-order chi connectivity index (χ0) is 13.6. The summed E-state index contributed by atoms with van der Waals surface area (Å²) < 4.78 is 2.66. The van der Waals surface area contributed by atoms with Crippen molar-refractivity contribution in [2.45, 2.75) is 12.5 Å². The summed E-state index contributed by atoms with van der Waals surface area (Å²) in [5, 5.41) is 13.2. The van der Waals surface area contributed by atoms with Crippen LogP contribution < -0.4 is 16.6 Å². The molecule has 1 aromatic heterocycles. The van der Waals surface area contributed by atoms with Gasteiger partial charge in [-0.1, -0.05) is 6.07 Å². The Bertz CT molecular complexity index is 754. The number of benzene rings is 1. The fourth-order valence-electron chi connectivity index (χ4n) is 2.68. The fourth-order valence-corrected chi connectivity index (χ4v) is 2.68. The van der Waals surface area contributed by atoms with E-state index < -0.39 is 5.56 Å². The van der Waals surface area contributed by atoms with Crippen molar-refractivity contribution < 1.29 is 5.11 Å². The lowest BCUT2D eigenvalue weighted by Gasteiger charge is -2.15. The van der Waals surface area contributed by atoms with Crippen molar-refractivity contribution >= 4 is 10.9 Å². The standard InChI is InChI=1S/C13H15N3O3/c1-15-9-3-2-4-10(17)11(9)12(18)16(13(15)19)8-5-6-14-7-8/h2-4,8,14,17H,5-7H2,1H3. The number of fused-ring (bicyclic) bond motifs is 1. The second-order valence-corrected chi connectivity index (χ2v) is 4.83.